The lowest BCUT2D eigenvalue weighted by atomic mass is 9.89. The lowest BCUT2D eigenvalue weighted by Gasteiger charge is -2.38. The zero-order valence-corrected chi connectivity index (χ0v) is 11.6. The van der Waals surface area contributed by atoms with Crippen molar-refractivity contribution in [3.8, 4) is 0 Å². The smallest absolute Gasteiger partial charge is 0.251 e. The molecule has 1 aliphatic heterocycles. The van der Waals surface area contributed by atoms with Gasteiger partial charge in [-0.1, -0.05) is 25.1 Å². The number of amides is 2. The Labute approximate surface area is 118 Å². The standard InChI is InChI=1S/C15H20N2O3/c1-15(10-20-11-15)9-17-13(18)7-8-16-14(19)12-5-3-2-4-6-12/h2-6H,7-11H2,1H3,(H,16,19)(H,17,18). The number of ether oxygens (including phenoxy) is 1. The van der Waals surface area contributed by atoms with Gasteiger partial charge in [0.2, 0.25) is 5.91 Å². The van der Waals surface area contributed by atoms with Crippen LogP contribution in [-0.2, 0) is 9.53 Å². The fraction of sp³-hybridized carbons (Fsp3) is 0.467. The highest BCUT2D eigenvalue weighted by atomic mass is 16.5. The van der Waals surface area contributed by atoms with Crippen LogP contribution in [0.4, 0.5) is 0 Å². The van der Waals surface area contributed by atoms with Gasteiger partial charge < -0.3 is 15.4 Å². The van der Waals surface area contributed by atoms with E-state index < -0.39 is 0 Å². The van der Waals surface area contributed by atoms with Gasteiger partial charge in [-0.25, -0.2) is 0 Å². The molecule has 0 aliphatic carbocycles. The number of hydrogen-bond acceptors (Lipinski definition) is 3. The van der Waals surface area contributed by atoms with Crippen LogP contribution in [0.25, 0.3) is 0 Å². The van der Waals surface area contributed by atoms with Crippen molar-refractivity contribution in [3.63, 3.8) is 0 Å². The Morgan fingerprint density at radius 2 is 1.90 bits per heavy atom. The zero-order valence-electron chi connectivity index (χ0n) is 11.6. The predicted molar refractivity (Wildman–Crippen MR) is 75.3 cm³/mol. The first-order chi connectivity index (χ1) is 9.59. The van der Waals surface area contributed by atoms with Gasteiger partial charge in [-0.05, 0) is 12.1 Å². The fourth-order valence-corrected chi connectivity index (χ4v) is 1.93. The highest BCUT2D eigenvalue weighted by Crippen LogP contribution is 2.24. The maximum absolute atomic E-state index is 11.7. The molecule has 5 nitrogen and oxygen atoms in total. The molecular weight excluding hydrogens is 256 g/mol. The van der Waals surface area contributed by atoms with Gasteiger partial charge in [0.05, 0.1) is 13.2 Å². The van der Waals surface area contributed by atoms with Gasteiger partial charge in [-0.3, -0.25) is 9.59 Å². The first-order valence-electron chi connectivity index (χ1n) is 6.77. The van der Waals surface area contributed by atoms with Crippen molar-refractivity contribution >= 4 is 11.8 Å². The number of carbonyl (C=O) groups is 2. The third kappa shape index (κ3) is 4.06. The van der Waals surface area contributed by atoms with Crippen LogP contribution in [0, 0.1) is 5.41 Å². The number of rotatable bonds is 6. The van der Waals surface area contributed by atoms with E-state index in [-0.39, 0.29) is 23.7 Å². The van der Waals surface area contributed by atoms with E-state index in [1.54, 1.807) is 12.1 Å². The highest BCUT2D eigenvalue weighted by Gasteiger charge is 2.33. The Balaban J connectivity index is 1.63. The first kappa shape index (κ1) is 14.5. The van der Waals surface area contributed by atoms with E-state index >= 15 is 0 Å². The van der Waals surface area contributed by atoms with Gasteiger partial charge in [0, 0.05) is 30.5 Å². The number of hydrogen-bond donors (Lipinski definition) is 2. The first-order valence-corrected chi connectivity index (χ1v) is 6.77. The molecule has 0 bridgehead atoms. The summed E-state index contributed by atoms with van der Waals surface area (Å²) in [5.74, 6) is -0.204. The lowest BCUT2D eigenvalue weighted by Crippen LogP contribution is -2.48. The van der Waals surface area contributed by atoms with Gasteiger partial charge in [0.1, 0.15) is 0 Å². The van der Waals surface area contributed by atoms with Crippen molar-refractivity contribution in [1.82, 2.24) is 10.6 Å². The maximum Gasteiger partial charge on any atom is 0.251 e. The summed E-state index contributed by atoms with van der Waals surface area (Å²) < 4.78 is 5.12. The summed E-state index contributed by atoms with van der Waals surface area (Å²) in [6.07, 6.45) is 0.287. The average molecular weight is 276 g/mol. The monoisotopic (exact) mass is 276 g/mol. The van der Waals surface area contributed by atoms with Crippen LogP contribution in [0.2, 0.25) is 0 Å². The normalized spacial score (nSPS) is 16.1. The Kier molecular flexibility index (Phi) is 4.74. The molecule has 5 heteroatoms. The van der Waals surface area contributed by atoms with E-state index in [1.807, 2.05) is 18.2 Å². The molecule has 108 valence electrons. The summed E-state index contributed by atoms with van der Waals surface area (Å²) in [5.41, 5.74) is 0.676. The molecule has 0 aromatic heterocycles. The largest absolute Gasteiger partial charge is 0.380 e. The van der Waals surface area contributed by atoms with E-state index in [2.05, 4.69) is 17.6 Å². The second-order valence-electron chi connectivity index (χ2n) is 5.45. The van der Waals surface area contributed by atoms with Crippen LogP contribution < -0.4 is 10.6 Å². The van der Waals surface area contributed by atoms with Crippen LogP contribution in [0.3, 0.4) is 0 Å². The summed E-state index contributed by atoms with van der Waals surface area (Å²) in [6, 6.07) is 8.96. The second-order valence-corrected chi connectivity index (χ2v) is 5.45. The molecule has 1 aromatic rings. The van der Waals surface area contributed by atoms with E-state index in [4.69, 9.17) is 4.74 Å². The second kappa shape index (κ2) is 6.52. The molecule has 20 heavy (non-hydrogen) atoms. The molecular formula is C15H20N2O3. The lowest BCUT2D eigenvalue weighted by molar-refractivity contribution is -0.126. The Morgan fingerprint density at radius 3 is 2.50 bits per heavy atom. The molecule has 2 amide bonds. The maximum atomic E-state index is 11.7. The topological polar surface area (TPSA) is 67.4 Å². The van der Waals surface area contributed by atoms with Gasteiger partial charge in [-0.2, -0.15) is 0 Å². The van der Waals surface area contributed by atoms with Crippen LogP contribution in [0.15, 0.2) is 30.3 Å². The average Bonchev–Trinajstić information content (AvgIpc) is 2.44. The van der Waals surface area contributed by atoms with E-state index in [1.165, 1.54) is 0 Å². The summed E-state index contributed by atoms with van der Waals surface area (Å²) in [7, 11) is 0. The van der Waals surface area contributed by atoms with E-state index in [9.17, 15) is 9.59 Å². The molecule has 1 saturated heterocycles. The van der Waals surface area contributed by atoms with Crippen molar-refractivity contribution in [2.75, 3.05) is 26.3 Å². The molecule has 1 heterocycles. The Bertz CT molecular complexity index is 469. The van der Waals surface area contributed by atoms with E-state index in [0.717, 1.165) is 0 Å². The molecule has 2 rings (SSSR count). The molecule has 0 radical (unpaired) electrons. The number of benzene rings is 1. The minimum absolute atomic E-state index is 0.0495. The van der Waals surface area contributed by atoms with Crippen LogP contribution in [-0.4, -0.2) is 38.1 Å². The SMILES string of the molecule is CC1(CNC(=O)CCNC(=O)c2ccccc2)COC1. The molecule has 0 atom stereocenters. The Morgan fingerprint density at radius 1 is 1.20 bits per heavy atom. The quantitative estimate of drug-likeness (QED) is 0.813. The van der Waals surface area contributed by atoms with Crippen LogP contribution >= 0.6 is 0 Å². The van der Waals surface area contributed by atoms with Gasteiger partial charge in [0.15, 0.2) is 0 Å². The number of nitrogens with one attached hydrogen (secondary N) is 2. The minimum atomic E-state index is -0.155. The molecule has 2 N–H and O–H groups in total. The van der Waals surface area contributed by atoms with Gasteiger partial charge >= 0.3 is 0 Å². The van der Waals surface area contributed by atoms with Crippen molar-refractivity contribution < 1.29 is 14.3 Å². The Hall–Kier alpha value is -1.88. The predicted octanol–water partition coefficient (Wildman–Crippen LogP) is 0.959. The highest BCUT2D eigenvalue weighted by molar-refractivity contribution is 5.94. The van der Waals surface area contributed by atoms with Crippen molar-refractivity contribution in [2.45, 2.75) is 13.3 Å². The van der Waals surface area contributed by atoms with Crippen LogP contribution in [0.5, 0.6) is 0 Å². The third-order valence-corrected chi connectivity index (χ3v) is 3.29. The summed E-state index contributed by atoms with van der Waals surface area (Å²) in [4.78, 5) is 23.4. The minimum Gasteiger partial charge on any atom is -0.380 e. The molecule has 0 unspecified atom stereocenters. The van der Waals surface area contributed by atoms with E-state index in [0.29, 0.717) is 31.9 Å². The molecule has 1 aromatic carbocycles. The van der Waals surface area contributed by atoms with Crippen molar-refractivity contribution in [1.29, 1.82) is 0 Å². The molecule has 0 spiro atoms. The molecule has 1 fully saturated rings. The van der Waals surface area contributed by atoms with Crippen molar-refractivity contribution in [2.24, 2.45) is 5.41 Å². The van der Waals surface area contributed by atoms with Gasteiger partial charge in [0.25, 0.3) is 5.91 Å². The van der Waals surface area contributed by atoms with Crippen LogP contribution in [0.1, 0.15) is 23.7 Å². The van der Waals surface area contributed by atoms with Gasteiger partial charge in [-0.15, -0.1) is 0 Å². The number of carbonyl (C=O) groups excluding carboxylic acids is 2. The third-order valence-electron chi connectivity index (χ3n) is 3.29. The summed E-state index contributed by atoms with van der Waals surface area (Å²) >= 11 is 0. The summed E-state index contributed by atoms with van der Waals surface area (Å²) in [5, 5.41) is 5.60. The van der Waals surface area contributed by atoms with Crippen molar-refractivity contribution in [3.05, 3.63) is 35.9 Å². The fourth-order valence-electron chi connectivity index (χ4n) is 1.93. The summed E-state index contributed by atoms with van der Waals surface area (Å²) in [6.45, 7) is 4.43. The zero-order chi connectivity index (χ0) is 14.4. The molecule has 1 aliphatic rings. The molecule has 0 saturated carbocycles.